The Morgan fingerprint density at radius 2 is 1.69 bits per heavy atom. The molecular weight excluding hydrogens is 676 g/mol. The van der Waals surface area contributed by atoms with Crippen LogP contribution in [0.4, 0.5) is 14.5 Å². The van der Waals surface area contributed by atoms with Gasteiger partial charge in [0.2, 0.25) is 5.75 Å². The van der Waals surface area contributed by atoms with Gasteiger partial charge in [0.1, 0.15) is 30.3 Å². The number of carbonyl (C=O) groups is 1. The van der Waals surface area contributed by atoms with E-state index in [0.29, 0.717) is 48.0 Å². The summed E-state index contributed by atoms with van der Waals surface area (Å²) in [5, 5.41) is 3.00. The number of rotatable bonds is 11. The van der Waals surface area contributed by atoms with E-state index in [9.17, 15) is 18.8 Å². The number of nitrogens with zero attached hydrogens (tertiary/aromatic N) is 4. The van der Waals surface area contributed by atoms with Crippen molar-refractivity contribution in [1.29, 1.82) is 0 Å². The third-order valence-corrected chi connectivity index (χ3v) is 9.00. The molecule has 12 nitrogen and oxygen atoms in total. The summed E-state index contributed by atoms with van der Waals surface area (Å²) in [5.41, 5.74) is -1.34. The Morgan fingerprint density at radius 1 is 0.923 bits per heavy atom. The van der Waals surface area contributed by atoms with E-state index in [1.165, 1.54) is 54.3 Å². The maximum Gasteiger partial charge on any atom is 0.335 e. The van der Waals surface area contributed by atoms with Crippen molar-refractivity contribution in [1.82, 2.24) is 19.0 Å². The highest BCUT2D eigenvalue weighted by atomic mass is 19.1. The van der Waals surface area contributed by atoms with Crippen molar-refractivity contribution in [3.63, 3.8) is 0 Å². The van der Waals surface area contributed by atoms with Crippen molar-refractivity contribution in [2.24, 2.45) is 0 Å². The van der Waals surface area contributed by atoms with E-state index in [4.69, 9.17) is 18.9 Å². The standard InChI is InChI=1S/C38H37F2N5O7/c1-2-44-23-27(37(47)45(38(44)48)26-10-7-24(39)8-11-26)36(46)42-25-9-12-30(28(40)21-25)52-31-13-14-41-29-22-32(34-35(33(29)31)51-20-19-50-34)49-18-6-17-43-15-4-3-5-16-43/h7-14,21-23H,2-6,15-20H2,1H3,(H,42,46). The Morgan fingerprint density at radius 3 is 2.44 bits per heavy atom. The lowest BCUT2D eigenvalue weighted by molar-refractivity contribution is 0.102. The number of hydrogen-bond donors (Lipinski definition) is 1. The van der Waals surface area contributed by atoms with E-state index >= 15 is 4.39 Å². The van der Waals surface area contributed by atoms with Gasteiger partial charge in [-0.05, 0) is 81.7 Å². The fourth-order valence-electron chi connectivity index (χ4n) is 6.40. The fourth-order valence-corrected chi connectivity index (χ4v) is 6.40. The summed E-state index contributed by atoms with van der Waals surface area (Å²) in [6, 6.07) is 11.9. The number of benzene rings is 3. The number of hydrogen-bond acceptors (Lipinski definition) is 9. The van der Waals surface area contributed by atoms with Gasteiger partial charge in [0.25, 0.3) is 11.5 Å². The summed E-state index contributed by atoms with van der Waals surface area (Å²) in [6.07, 6.45) is 7.28. The molecule has 7 rings (SSSR count). The van der Waals surface area contributed by atoms with Crippen LogP contribution in [0.25, 0.3) is 16.6 Å². The number of fused-ring (bicyclic) bond motifs is 3. The van der Waals surface area contributed by atoms with Gasteiger partial charge in [0, 0.05) is 43.3 Å². The van der Waals surface area contributed by atoms with Crippen LogP contribution in [0.15, 0.2) is 76.6 Å². The van der Waals surface area contributed by atoms with Gasteiger partial charge in [-0.3, -0.25) is 19.1 Å². The first kappa shape index (κ1) is 34.7. The smallest absolute Gasteiger partial charge is 0.335 e. The number of anilines is 1. The lowest BCUT2D eigenvalue weighted by Crippen LogP contribution is -2.42. The second kappa shape index (κ2) is 15.2. The van der Waals surface area contributed by atoms with Gasteiger partial charge in [0.05, 0.1) is 23.2 Å². The first-order chi connectivity index (χ1) is 25.3. The number of aromatic nitrogens is 3. The van der Waals surface area contributed by atoms with Crippen LogP contribution in [0.3, 0.4) is 0 Å². The van der Waals surface area contributed by atoms with Crippen LogP contribution in [0.2, 0.25) is 0 Å². The summed E-state index contributed by atoms with van der Waals surface area (Å²) in [5.74, 6) is -0.773. The molecule has 0 unspecified atom stereocenters. The van der Waals surface area contributed by atoms with Gasteiger partial charge < -0.3 is 29.2 Å². The molecule has 0 radical (unpaired) electrons. The van der Waals surface area contributed by atoms with Gasteiger partial charge >= 0.3 is 5.69 Å². The van der Waals surface area contributed by atoms with E-state index in [2.05, 4.69) is 15.2 Å². The van der Waals surface area contributed by atoms with Crippen LogP contribution in [-0.4, -0.2) is 64.4 Å². The highest BCUT2D eigenvalue weighted by molar-refractivity contribution is 6.04. The zero-order chi connectivity index (χ0) is 36.2. The van der Waals surface area contributed by atoms with E-state index in [1.807, 2.05) is 0 Å². The summed E-state index contributed by atoms with van der Waals surface area (Å²) in [4.78, 5) is 46.5. The maximum absolute atomic E-state index is 15.6. The van der Waals surface area contributed by atoms with Crippen LogP contribution >= 0.6 is 0 Å². The van der Waals surface area contributed by atoms with Crippen LogP contribution in [0.1, 0.15) is 43.0 Å². The minimum atomic E-state index is -0.913. The molecule has 0 saturated carbocycles. The summed E-state index contributed by atoms with van der Waals surface area (Å²) in [7, 11) is 0. The van der Waals surface area contributed by atoms with Crippen molar-refractivity contribution in [3.05, 3.63) is 105 Å². The first-order valence-electron chi connectivity index (χ1n) is 17.3. The van der Waals surface area contributed by atoms with Crippen molar-refractivity contribution in [3.8, 4) is 34.4 Å². The number of likely N-dealkylation sites (tertiary alicyclic amines) is 1. The Kier molecular flexibility index (Phi) is 10.2. The lowest BCUT2D eigenvalue weighted by Gasteiger charge is -2.26. The highest BCUT2D eigenvalue weighted by Crippen LogP contribution is 2.48. The van der Waals surface area contributed by atoms with Crippen LogP contribution in [0, 0.1) is 11.6 Å². The summed E-state index contributed by atoms with van der Waals surface area (Å²) < 4.78 is 55.3. The van der Waals surface area contributed by atoms with E-state index in [-0.39, 0.29) is 35.0 Å². The Hall–Kier alpha value is -5.76. The number of halogens is 2. The predicted octanol–water partition coefficient (Wildman–Crippen LogP) is 5.92. The molecule has 0 atom stereocenters. The molecule has 1 N–H and O–H groups in total. The Bertz CT molecular complexity index is 2230. The molecule has 4 heterocycles. The average molecular weight is 714 g/mol. The molecule has 5 aromatic rings. The molecule has 2 aliphatic heterocycles. The number of ether oxygens (including phenoxy) is 4. The molecule has 0 spiro atoms. The average Bonchev–Trinajstić information content (AvgIpc) is 3.15. The third kappa shape index (κ3) is 7.19. The third-order valence-electron chi connectivity index (χ3n) is 9.00. The molecule has 2 aromatic heterocycles. The van der Waals surface area contributed by atoms with Crippen molar-refractivity contribution in [2.75, 3.05) is 44.8 Å². The second-order valence-corrected chi connectivity index (χ2v) is 12.5. The van der Waals surface area contributed by atoms with Gasteiger partial charge in [0.15, 0.2) is 23.1 Å². The molecule has 0 aliphatic carbocycles. The summed E-state index contributed by atoms with van der Waals surface area (Å²) >= 11 is 0. The molecule has 52 heavy (non-hydrogen) atoms. The first-order valence-corrected chi connectivity index (χ1v) is 17.3. The highest BCUT2D eigenvalue weighted by Gasteiger charge is 2.26. The number of pyridine rings is 1. The number of aryl methyl sites for hydroxylation is 1. The molecule has 270 valence electrons. The number of nitrogens with one attached hydrogen (secondary N) is 1. The monoisotopic (exact) mass is 713 g/mol. The number of carbonyl (C=O) groups excluding carboxylic acids is 1. The van der Waals surface area contributed by atoms with Crippen LogP contribution in [-0.2, 0) is 6.54 Å². The lowest BCUT2D eigenvalue weighted by atomic mass is 10.1. The normalized spacial score (nSPS) is 14.3. The quantitative estimate of drug-likeness (QED) is 0.166. The zero-order valence-corrected chi connectivity index (χ0v) is 28.5. The number of piperidine rings is 1. The van der Waals surface area contributed by atoms with Crippen LogP contribution < -0.4 is 35.5 Å². The van der Waals surface area contributed by atoms with Gasteiger partial charge in [-0.25, -0.2) is 18.1 Å². The SMILES string of the molecule is CCn1cc(C(=O)Nc2ccc(Oc3ccnc4cc(OCCCN5CCCCC5)c5c(c34)OCCO5)c(F)c2)c(=O)n(-c2ccc(F)cc2)c1=O. The molecule has 0 bridgehead atoms. The Balaban J connectivity index is 1.10. The fraction of sp³-hybridized carbons (Fsp3) is 0.316. The van der Waals surface area contributed by atoms with Crippen molar-refractivity contribution < 1.29 is 32.5 Å². The van der Waals surface area contributed by atoms with E-state index < -0.39 is 28.8 Å². The minimum absolute atomic E-state index is 0.0348. The maximum atomic E-state index is 15.6. The molecule has 14 heteroatoms. The van der Waals surface area contributed by atoms with Crippen molar-refractivity contribution in [2.45, 2.75) is 39.2 Å². The predicted molar refractivity (Wildman–Crippen MR) is 189 cm³/mol. The molecule has 2 aliphatic rings. The van der Waals surface area contributed by atoms with Gasteiger partial charge in [-0.1, -0.05) is 6.42 Å². The molecular formula is C38H37F2N5O7. The molecule has 3 aromatic carbocycles. The van der Waals surface area contributed by atoms with Gasteiger partial charge in [-0.2, -0.15) is 0 Å². The largest absolute Gasteiger partial charge is 0.489 e. The van der Waals surface area contributed by atoms with Crippen LogP contribution in [0.5, 0.6) is 28.7 Å². The number of amides is 1. The molecule has 1 saturated heterocycles. The van der Waals surface area contributed by atoms with E-state index in [0.717, 1.165) is 55.0 Å². The topological polar surface area (TPSA) is 126 Å². The second-order valence-electron chi connectivity index (χ2n) is 12.5. The van der Waals surface area contributed by atoms with Gasteiger partial charge in [-0.15, -0.1) is 0 Å². The Labute approximate surface area is 297 Å². The van der Waals surface area contributed by atoms with E-state index in [1.54, 1.807) is 19.1 Å². The zero-order valence-electron chi connectivity index (χ0n) is 28.5. The molecule has 1 fully saturated rings. The van der Waals surface area contributed by atoms with Crippen molar-refractivity contribution >= 4 is 22.5 Å². The molecule has 1 amide bonds. The summed E-state index contributed by atoms with van der Waals surface area (Å²) in [6.45, 7) is 6.14. The minimum Gasteiger partial charge on any atom is -0.489 e.